The van der Waals surface area contributed by atoms with E-state index in [1.807, 2.05) is 0 Å². The van der Waals surface area contributed by atoms with Gasteiger partial charge in [-0.25, -0.2) is 4.79 Å². The monoisotopic (exact) mass is 261 g/mol. The van der Waals surface area contributed by atoms with Crippen LogP contribution in [0.2, 0.25) is 0 Å². The third-order valence-corrected chi connectivity index (χ3v) is 2.94. The summed E-state index contributed by atoms with van der Waals surface area (Å²) in [5.74, 6) is -1.45. The van der Waals surface area contributed by atoms with Crippen molar-refractivity contribution in [2.45, 2.75) is 17.3 Å². The molecule has 1 aromatic rings. The summed E-state index contributed by atoms with van der Waals surface area (Å²) in [6.07, 6.45) is 0. The van der Waals surface area contributed by atoms with Crippen molar-refractivity contribution >= 4 is 17.7 Å². The van der Waals surface area contributed by atoms with Crippen LogP contribution in [0.5, 0.6) is 0 Å². The summed E-state index contributed by atoms with van der Waals surface area (Å²) >= 11 is -0.520. The predicted octanol–water partition coefficient (Wildman–Crippen LogP) is 3.18. The number of carboxylic acids is 1. The zero-order chi connectivity index (χ0) is 13.2. The topological polar surface area (TPSA) is 61.1 Å². The molecule has 1 aromatic carbocycles. The van der Waals surface area contributed by atoms with Gasteiger partial charge < -0.3 is 5.11 Å². The van der Waals surface area contributed by atoms with Gasteiger partial charge in [0.25, 0.3) is 0 Å². The van der Waals surface area contributed by atoms with Gasteiger partial charge in [-0.3, -0.25) is 0 Å². The molecule has 0 atom stereocenters. The van der Waals surface area contributed by atoms with Crippen LogP contribution >= 0.6 is 11.8 Å². The molecule has 1 N–H and O–H groups in total. The van der Waals surface area contributed by atoms with Gasteiger partial charge in [0, 0.05) is 4.90 Å². The molecule has 0 saturated carbocycles. The summed E-state index contributed by atoms with van der Waals surface area (Å²) < 4.78 is 36.9. The van der Waals surface area contributed by atoms with E-state index in [4.69, 9.17) is 10.4 Å². The Balaban J connectivity index is 3.41. The van der Waals surface area contributed by atoms with E-state index in [2.05, 4.69) is 0 Å². The minimum absolute atomic E-state index is 0.0229. The molecule has 0 aromatic heterocycles. The number of hydrogen-bond acceptors (Lipinski definition) is 3. The van der Waals surface area contributed by atoms with Crippen molar-refractivity contribution in [1.82, 2.24) is 0 Å². The molecule has 3 nitrogen and oxygen atoms in total. The van der Waals surface area contributed by atoms with E-state index >= 15 is 0 Å². The molecule has 0 spiro atoms. The fourth-order valence-corrected chi connectivity index (χ4v) is 1.99. The SMILES string of the molecule is Cc1c(C#N)ccc(C(=O)O)c1SC(F)(F)F. The van der Waals surface area contributed by atoms with Crippen LogP contribution in [-0.2, 0) is 0 Å². The maximum absolute atomic E-state index is 12.3. The number of benzene rings is 1. The summed E-state index contributed by atoms with van der Waals surface area (Å²) in [5.41, 5.74) is -5.00. The second-order valence-corrected chi connectivity index (χ2v) is 4.15. The average molecular weight is 261 g/mol. The molecule has 0 aliphatic carbocycles. The second kappa shape index (κ2) is 4.67. The van der Waals surface area contributed by atoms with E-state index in [1.54, 1.807) is 6.07 Å². The van der Waals surface area contributed by atoms with Gasteiger partial charge >= 0.3 is 11.5 Å². The van der Waals surface area contributed by atoms with Crippen LogP contribution in [0.4, 0.5) is 13.2 Å². The van der Waals surface area contributed by atoms with Crippen LogP contribution in [0.15, 0.2) is 17.0 Å². The number of hydrogen-bond donors (Lipinski definition) is 1. The maximum Gasteiger partial charge on any atom is 0.446 e. The Labute approximate surface area is 98.9 Å². The Bertz CT molecular complexity index is 505. The largest absolute Gasteiger partial charge is 0.478 e. The van der Waals surface area contributed by atoms with E-state index < -0.39 is 33.7 Å². The lowest BCUT2D eigenvalue weighted by Gasteiger charge is -2.12. The molecule has 7 heteroatoms. The molecule has 17 heavy (non-hydrogen) atoms. The number of carbonyl (C=O) groups is 1. The van der Waals surface area contributed by atoms with Crippen LogP contribution < -0.4 is 0 Å². The van der Waals surface area contributed by atoms with Crippen molar-refractivity contribution in [3.05, 3.63) is 28.8 Å². The molecule has 0 unspecified atom stereocenters. The Hall–Kier alpha value is -1.68. The summed E-state index contributed by atoms with van der Waals surface area (Å²) in [6.45, 7) is 1.29. The lowest BCUT2D eigenvalue weighted by atomic mass is 10.1. The fraction of sp³-hybridized carbons (Fsp3) is 0.200. The number of carboxylic acid groups (broad SMARTS) is 1. The molecule has 0 amide bonds. The van der Waals surface area contributed by atoms with Crippen LogP contribution in [-0.4, -0.2) is 16.6 Å². The summed E-state index contributed by atoms with van der Waals surface area (Å²) in [5, 5.41) is 17.5. The lowest BCUT2D eigenvalue weighted by molar-refractivity contribution is -0.0328. The van der Waals surface area contributed by atoms with Gasteiger partial charge in [-0.1, -0.05) is 0 Å². The van der Waals surface area contributed by atoms with Crippen LogP contribution in [0.3, 0.4) is 0 Å². The standard InChI is InChI=1S/C10H6F3NO2S/c1-5-6(4-14)2-3-7(9(15)16)8(5)17-10(11,12)13/h2-3H,1H3,(H,15,16). The Morgan fingerprint density at radius 3 is 2.47 bits per heavy atom. The molecular formula is C10H6F3NO2S. The lowest BCUT2D eigenvalue weighted by Crippen LogP contribution is -2.07. The summed E-state index contributed by atoms with van der Waals surface area (Å²) in [6, 6.07) is 3.91. The molecule has 0 bridgehead atoms. The predicted molar refractivity (Wildman–Crippen MR) is 54.8 cm³/mol. The molecule has 1 rings (SSSR count). The molecule has 0 aliphatic rings. The molecule has 0 saturated heterocycles. The molecule has 0 aliphatic heterocycles. The third-order valence-electron chi connectivity index (χ3n) is 1.97. The first-order valence-electron chi connectivity index (χ1n) is 4.29. The molecule has 0 heterocycles. The molecule has 0 fully saturated rings. The first-order chi connectivity index (χ1) is 7.76. The van der Waals surface area contributed by atoms with Crippen LogP contribution in [0.1, 0.15) is 21.5 Å². The smallest absolute Gasteiger partial charge is 0.446 e. The second-order valence-electron chi connectivity index (χ2n) is 3.08. The Kier molecular flexibility index (Phi) is 3.68. The van der Waals surface area contributed by atoms with E-state index in [1.165, 1.54) is 13.0 Å². The molecule has 0 radical (unpaired) electrons. The normalized spacial score (nSPS) is 11.0. The average Bonchev–Trinajstić information content (AvgIpc) is 2.18. The molecule has 90 valence electrons. The first kappa shape index (κ1) is 13.4. The highest BCUT2D eigenvalue weighted by Gasteiger charge is 2.32. The van der Waals surface area contributed by atoms with E-state index in [0.29, 0.717) is 0 Å². The number of nitriles is 1. The maximum atomic E-state index is 12.3. The van der Waals surface area contributed by atoms with Gasteiger partial charge in [0.15, 0.2) is 0 Å². The highest BCUT2D eigenvalue weighted by molar-refractivity contribution is 8.00. The number of aromatic carboxylic acids is 1. The number of nitrogens with zero attached hydrogens (tertiary/aromatic N) is 1. The fourth-order valence-electron chi connectivity index (χ4n) is 1.23. The van der Waals surface area contributed by atoms with Gasteiger partial charge in [0.05, 0.1) is 17.2 Å². The number of halogens is 3. The van der Waals surface area contributed by atoms with Crippen LogP contribution in [0.25, 0.3) is 0 Å². The summed E-state index contributed by atoms with van der Waals surface area (Å²) in [7, 11) is 0. The van der Waals surface area contributed by atoms with E-state index in [0.717, 1.165) is 6.07 Å². The number of alkyl halides is 3. The number of thioether (sulfide) groups is 1. The molecular weight excluding hydrogens is 255 g/mol. The summed E-state index contributed by atoms with van der Waals surface area (Å²) in [4.78, 5) is 10.4. The van der Waals surface area contributed by atoms with Gasteiger partial charge in [0.1, 0.15) is 0 Å². The van der Waals surface area contributed by atoms with Crippen molar-refractivity contribution in [3.8, 4) is 6.07 Å². The van der Waals surface area contributed by atoms with Gasteiger partial charge in [-0.05, 0) is 36.4 Å². The Morgan fingerprint density at radius 2 is 2.06 bits per heavy atom. The first-order valence-corrected chi connectivity index (χ1v) is 5.10. The minimum Gasteiger partial charge on any atom is -0.478 e. The minimum atomic E-state index is -4.59. The third kappa shape index (κ3) is 3.14. The van der Waals surface area contributed by atoms with Crippen molar-refractivity contribution < 1.29 is 23.1 Å². The quantitative estimate of drug-likeness (QED) is 0.830. The number of rotatable bonds is 2. The Morgan fingerprint density at radius 1 is 1.47 bits per heavy atom. The zero-order valence-electron chi connectivity index (χ0n) is 8.50. The van der Waals surface area contributed by atoms with Crippen molar-refractivity contribution in [1.29, 1.82) is 5.26 Å². The van der Waals surface area contributed by atoms with Gasteiger partial charge in [-0.15, -0.1) is 0 Å². The van der Waals surface area contributed by atoms with Crippen molar-refractivity contribution in [3.63, 3.8) is 0 Å². The van der Waals surface area contributed by atoms with Crippen molar-refractivity contribution in [2.24, 2.45) is 0 Å². The van der Waals surface area contributed by atoms with Crippen LogP contribution in [0, 0.1) is 18.3 Å². The van der Waals surface area contributed by atoms with E-state index in [-0.39, 0.29) is 11.1 Å². The zero-order valence-corrected chi connectivity index (χ0v) is 9.32. The highest BCUT2D eigenvalue weighted by Crippen LogP contribution is 2.41. The van der Waals surface area contributed by atoms with Gasteiger partial charge in [0.2, 0.25) is 0 Å². The highest BCUT2D eigenvalue weighted by atomic mass is 32.2. The van der Waals surface area contributed by atoms with Crippen molar-refractivity contribution in [2.75, 3.05) is 0 Å². The van der Waals surface area contributed by atoms with E-state index in [9.17, 15) is 18.0 Å². The van der Waals surface area contributed by atoms with Gasteiger partial charge in [-0.2, -0.15) is 18.4 Å².